The quantitative estimate of drug-likeness (QED) is 0.284. The van der Waals surface area contributed by atoms with Gasteiger partial charge in [0.1, 0.15) is 12.4 Å². The van der Waals surface area contributed by atoms with Crippen LogP contribution in [0, 0.1) is 0 Å². The molecule has 0 aromatic heterocycles. The molecule has 7 nitrogen and oxygen atoms in total. The molecule has 38 heavy (non-hydrogen) atoms. The van der Waals surface area contributed by atoms with E-state index in [-0.39, 0.29) is 25.9 Å². The van der Waals surface area contributed by atoms with E-state index >= 15 is 0 Å². The van der Waals surface area contributed by atoms with Gasteiger partial charge in [0, 0.05) is 18.2 Å². The van der Waals surface area contributed by atoms with Crippen molar-refractivity contribution in [2.45, 2.75) is 30.8 Å². The van der Waals surface area contributed by atoms with Crippen LogP contribution in [0.3, 0.4) is 0 Å². The Balaban J connectivity index is 1.33. The van der Waals surface area contributed by atoms with Crippen LogP contribution in [-0.4, -0.2) is 46.9 Å². The molecule has 192 valence electrons. The number of nitrogens with one attached hydrogen (secondary N) is 1. The third-order valence-corrected chi connectivity index (χ3v) is 6.70. The summed E-state index contributed by atoms with van der Waals surface area (Å²) in [6, 6.07) is 32.7. The molecule has 0 spiro atoms. The van der Waals surface area contributed by atoms with E-state index in [1.54, 1.807) is 0 Å². The van der Waals surface area contributed by atoms with Crippen molar-refractivity contribution in [2.24, 2.45) is 5.16 Å². The van der Waals surface area contributed by atoms with Gasteiger partial charge in [-0.1, -0.05) is 102 Å². The Morgan fingerprint density at radius 1 is 0.921 bits per heavy atom. The van der Waals surface area contributed by atoms with E-state index in [0.717, 1.165) is 27.6 Å². The fourth-order valence-electron chi connectivity index (χ4n) is 4.73. The Labute approximate surface area is 221 Å². The zero-order valence-corrected chi connectivity index (χ0v) is 20.9. The first kappa shape index (κ1) is 25.5. The van der Waals surface area contributed by atoms with Crippen molar-refractivity contribution >= 4 is 29.5 Å². The monoisotopic (exact) mass is 508 g/mol. The summed E-state index contributed by atoms with van der Waals surface area (Å²) >= 11 is 0. The Hall–Kier alpha value is -4.14. The largest absolute Gasteiger partial charge is 0.487 e. The molecule has 2 atom stereocenters. The smallest absolute Gasteiger partial charge is 0.475 e. The van der Waals surface area contributed by atoms with Crippen LogP contribution in [0.4, 0.5) is 0 Å². The molecule has 3 N–H and O–H groups in total. The molecule has 0 radical (unpaired) electrons. The Morgan fingerprint density at radius 3 is 2.32 bits per heavy atom. The molecular weight excluding hydrogens is 479 g/mol. The van der Waals surface area contributed by atoms with Gasteiger partial charge in [-0.2, -0.15) is 0 Å². The van der Waals surface area contributed by atoms with Gasteiger partial charge in [-0.15, -0.1) is 0 Å². The van der Waals surface area contributed by atoms with Crippen molar-refractivity contribution in [3.05, 3.63) is 114 Å². The van der Waals surface area contributed by atoms with Gasteiger partial charge in [-0.25, -0.2) is 0 Å². The van der Waals surface area contributed by atoms with Gasteiger partial charge < -0.3 is 24.9 Å². The third kappa shape index (κ3) is 5.88. The maximum Gasteiger partial charge on any atom is 0.475 e. The van der Waals surface area contributed by atoms with Crippen molar-refractivity contribution in [3.63, 3.8) is 0 Å². The molecule has 1 aliphatic rings. The van der Waals surface area contributed by atoms with Gasteiger partial charge in [0.15, 0.2) is 0 Å². The van der Waals surface area contributed by atoms with Gasteiger partial charge in [-0.05, 0) is 29.0 Å². The van der Waals surface area contributed by atoms with E-state index in [4.69, 9.17) is 9.57 Å². The molecule has 0 fully saturated rings. The molecule has 1 amide bonds. The molecule has 1 heterocycles. The highest BCUT2D eigenvalue weighted by Crippen LogP contribution is 2.31. The molecule has 0 bridgehead atoms. The van der Waals surface area contributed by atoms with Gasteiger partial charge >= 0.3 is 7.12 Å². The lowest BCUT2D eigenvalue weighted by Gasteiger charge is -2.28. The van der Waals surface area contributed by atoms with E-state index in [2.05, 4.69) is 10.5 Å². The number of ether oxygens (including phenoxy) is 1. The second kappa shape index (κ2) is 11.5. The molecule has 4 aromatic rings. The highest BCUT2D eigenvalue weighted by Gasteiger charge is 2.48. The van der Waals surface area contributed by atoms with Gasteiger partial charge in [0.25, 0.3) is 5.91 Å². The Kier molecular flexibility index (Phi) is 7.72. The number of nitrogens with zero attached hydrogens (tertiary/aromatic N) is 1. The zero-order valence-electron chi connectivity index (χ0n) is 20.9. The first-order valence-corrected chi connectivity index (χ1v) is 12.6. The Morgan fingerprint density at radius 2 is 1.58 bits per heavy atom. The maximum absolute atomic E-state index is 13.7. The third-order valence-electron chi connectivity index (χ3n) is 6.70. The average molecular weight is 508 g/mol. The highest BCUT2D eigenvalue weighted by atomic mass is 16.7. The first-order chi connectivity index (χ1) is 18.5. The lowest BCUT2D eigenvalue weighted by Crippen LogP contribution is -2.56. The minimum atomic E-state index is -1.75. The van der Waals surface area contributed by atoms with Crippen LogP contribution in [0.15, 0.2) is 108 Å². The van der Waals surface area contributed by atoms with Crippen molar-refractivity contribution in [3.8, 4) is 5.75 Å². The highest BCUT2D eigenvalue weighted by molar-refractivity contribution is 6.43. The normalized spacial score (nSPS) is 17.4. The van der Waals surface area contributed by atoms with Crippen LogP contribution in [-0.2, 0) is 22.5 Å². The number of hydrogen-bond acceptors (Lipinski definition) is 6. The molecule has 2 unspecified atom stereocenters. The predicted octanol–water partition coefficient (Wildman–Crippen LogP) is 3.72. The summed E-state index contributed by atoms with van der Waals surface area (Å²) in [7, 11) is -1.75. The van der Waals surface area contributed by atoms with E-state index in [1.165, 1.54) is 0 Å². The Bertz CT molecular complexity index is 1410. The van der Waals surface area contributed by atoms with Crippen LogP contribution in [0.25, 0.3) is 10.8 Å². The molecule has 8 heteroatoms. The van der Waals surface area contributed by atoms with Crippen LogP contribution < -0.4 is 10.1 Å². The summed E-state index contributed by atoms with van der Waals surface area (Å²) in [5.74, 6) is -0.654. The average Bonchev–Trinajstić information content (AvgIpc) is 3.36. The number of amides is 1. The number of carbonyl (C=O) groups excluding carboxylic acids is 1. The summed E-state index contributed by atoms with van der Waals surface area (Å²) in [5, 5.41) is 29.2. The fourth-order valence-corrected chi connectivity index (χ4v) is 4.73. The molecule has 1 aliphatic heterocycles. The molecule has 0 aliphatic carbocycles. The summed E-state index contributed by atoms with van der Waals surface area (Å²) in [4.78, 5) is 19.6. The van der Waals surface area contributed by atoms with Crippen LogP contribution in [0.1, 0.15) is 17.5 Å². The summed E-state index contributed by atoms with van der Waals surface area (Å²) in [6.07, 6.45) is 0.724. The van der Waals surface area contributed by atoms with Gasteiger partial charge in [0.05, 0.1) is 11.7 Å². The van der Waals surface area contributed by atoms with Crippen LogP contribution >= 0.6 is 0 Å². The van der Waals surface area contributed by atoms with Gasteiger partial charge in [0.2, 0.25) is 5.60 Å². The summed E-state index contributed by atoms with van der Waals surface area (Å²) < 4.78 is 6.10. The van der Waals surface area contributed by atoms with Gasteiger partial charge in [-0.3, -0.25) is 4.79 Å². The fraction of sp³-hybridized carbons (Fsp3) is 0.200. The summed E-state index contributed by atoms with van der Waals surface area (Å²) in [6.45, 7) is 0.161. The number of benzene rings is 4. The van der Waals surface area contributed by atoms with Crippen molar-refractivity contribution in [2.75, 3.05) is 6.61 Å². The van der Waals surface area contributed by atoms with Crippen molar-refractivity contribution in [1.29, 1.82) is 0 Å². The molecule has 0 saturated heterocycles. The maximum atomic E-state index is 13.7. The topological polar surface area (TPSA) is 100 Å². The minimum Gasteiger partial charge on any atom is -0.487 e. The molecule has 0 saturated carbocycles. The number of fused-ring (bicyclic) bond motifs is 1. The van der Waals surface area contributed by atoms with E-state index < -0.39 is 24.6 Å². The first-order valence-electron chi connectivity index (χ1n) is 12.6. The number of hydrogen-bond donors (Lipinski definition) is 3. The van der Waals surface area contributed by atoms with E-state index in [0.29, 0.717) is 5.71 Å². The molecular formula is C30H29BN2O5. The van der Waals surface area contributed by atoms with Crippen LogP contribution in [0.5, 0.6) is 5.75 Å². The molecule has 4 aromatic carbocycles. The molecule has 5 rings (SSSR count). The van der Waals surface area contributed by atoms with E-state index in [9.17, 15) is 14.8 Å². The predicted molar refractivity (Wildman–Crippen MR) is 148 cm³/mol. The van der Waals surface area contributed by atoms with Crippen molar-refractivity contribution < 1.29 is 24.4 Å². The lowest BCUT2D eigenvalue weighted by atomic mass is 9.75. The second-order valence-corrected chi connectivity index (χ2v) is 9.53. The number of oxime groups is 1. The second-order valence-electron chi connectivity index (χ2n) is 9.53. The van der Waals surface area contributed by atoms with E-state index in [1.807, 2.05) is 103 Å². The SMILES string of the molecule is O=C(NC(Cc1ccccc1)B(O)O)C1(Cc2ccccc2)CC(COc2cccc3ccccc23)=NO1. The van der Waals surface area contributed by atoms with Crippen LogP contribution in [0.2, 0.25) is 0 Å². The number of carbonyl (C=O) groups is 1. The lowest BCUT2D eigenvalue weighted by molar-refractivity contribution is -0.144. The zero-order chi connectivity index (χ0) is 26.4. The summed E-state index contributed by atoms with van der Waals surface area (Å²) in [5.41, 5.74) is 1.02. The minimum absolute atomic E-state index is 0.161. The number of rotatable bonds is 10. The van der Waals surface area contributed by atoms with Crippen molar-refractivity contribution in [1.82, 2.24) is 5.32 Å². The standard InChI is InChI=1S/C30H29BN2O5/c34-29(32-28(31(35)36)18-22-10-3-1-4-11-22)30(19-23-12-5-2-6-13-23)20-25(33-38-30)21-37-27-17-9-15-24-14-7-8-16-26(24)27/h1-17,28,35-36H,18-21H2,(H,32,34).